The summed E-state index contributed by atoms with van der Waals surface area (Å²) < 4.78 is 15.0. The number of piperidine rings is 1. The first-order chi connectivity index (χ1) is 19.9. The second-order valence-electron chi connectivity index (χ2n) is 11.7. The number of carboxylic acid groups (broad SMARTS) is 1. The number of carbonyl (C=O) groups is 1. The summed E-state index contributed by atoms with van der Waals surface area (Å²) in [6, 6.07) is 15.1. The zero-order valence-electron chi connectivity index (χ0n) is 23.1. The van der Waals surface area contributed by atoms with Crippen LogP contribution in [0.2, 0.25) is 5.02 Å². The SMILES string of the molecule is C[C@]1(c2ccc(Cl)cn2)Oc2cccc(C3CCN(Cc4nc5ccc(C(=O)O)cc5n4CC4CCC4)CC3)c2O1. The van der Waals surface area contributed by atoms with E-state index in [-0.39, 0.29) is 0 Å². The molecule has 9 heteroatoms. The number of carboxylic acids is 1. The van der Waals surface area contributed by atoms with Gasteiger partial charge in [0.25, 0.3) is 5.79 Å². The maximum absolute atomic E-state index is 11.6. The van der Waals surface area contributed by atoms with Crippen molar-refractivity contribution >= 4 is 28.6 Å². The summed E-state index contributed by atoms with van der Waals surface area (Å²) in [5.41, 5.74) is 3.97. The van der Waals surface area contributed by atoms with Gasteiger partial charge in [0.05, 0.1) is 28.2 Å². The van der Waals surface area contributed by atoms with Crippen LogP contribution >= 0.6 is 11.6 Å². The molecular weight excluding hydrogens is 540 g/mol. The zero-order chi connectivity index (χ0) is 28.1. The van der Waals surface area contributed by atoms with Gasteiger partial charge in [0.15, 0.2) is 11.5 Å². The number of hydrogen-bond donors (Lipinski definition) is 1. The number of para-hydroxylation sites is 1. The third-order valence-electron chi connectivity index (χ3n) is 8.94. The Bertz CT molecular complexity index is 1610. The zero-order valence-corrected chi connectivity index (χ0v) is 23.8. The molecule has 4 heterocycles. The summed E-state index contributed by atoms with van der Waals surface area (Å²) >= 11 is 6.05. The van der Waals surface area contributed by atoms with E-state index in [1.165, 1.54) is 24.8 Å². The van der Waals surface area contributed by atoms with E-state index < -0.39 is 11.8 Å². The molecule has 1 saturated carbocycles. The molecule has 0 bridgehead atoms. The minimum absolute atomic E-state index is 0.309. The highest BCUT2D eigenvalue weighted by atomic mass is 35.5. The first-order valence-corrected chi connectivity index (χ1v) is 14.8. The van der Waals surface area contributed by atoms with E-state index in [1.54, 1.807) is 24.4 Å². The molecule has 2 fully saturated rings. The summed E-state index contributed by atoms with van der Waals surface area (Å²) in [5.74, 6) is 1.68. The normalized spacial score (nSPS) is 21.3. The van der Waals surface area contributed by atoms with Gasteiger partial charge in [-0.3, -0.25) is 9.88 Å². The number of fused-ring (bicyclic) bond motifs is 2. The number of ether oxygens (including phenoxy) is 2. The van der Waals surface area contributed by atoms with Gasteiger partial charge in [0, 0.05) is 25.2 Å². The second kappa shape index (κ2) is 10.3. The van der Waals surface area contributed by atoms with Crippen LogP contribution in [-0.2, 0) is 18.9 Å². The third-order valence-corrected chi connectivity index (χ3v) is 9.16. The van der Waals surface area contributed by atoms with Crippen molar-refractivity contribution in [3.63, 3.8) is 0 Å². The predicted octanol–water partition coefficient (Wildman–Crippen LogP) is 6.61. The Morgan fingerprint density at radius 2 is 1.93 bits per heavy atom. The van der Waals surface area contributed by atoms with Crippen LogP contribution in [0.3, 0.4) is 0 Å². The van der Waals surface area contributed by atoms with E-state index in [4.69, 9.17) is 26.1 Å². The highest BCUT2D eigenvalue weighted by Crippen LogP contribution is 2.49. The van der Waals surface area contributed by atoms with E-state index in [0.717, 1.165) is 67.4 Å². The molecule has 3 aliphatic rings. The van der Waals surface area contributed by atoms with Crippen LogP contribution in [0, 0.1) is 5.92 Å². The van der Waals surface area contributed by atoms with Crippen LogP contribution in [0.1, 0.15) is 72.4 Å². The topological polar surface area (TPSA) is 89.7 Å². The third kappa shape index (κ3) is 4.93. The van der Waals surface area contributed by atoms with Crippen LogP contribution in [0.5, 0.6) is 11.5 Å². The van der Waals surface area contributed by atoms with Gasteiger partial charge in [-0.15, -0.1) is 0 Å². The Kier molecular flexibility index (Phi) is 6.63. The number of rotatable bonds is 7. The highest BCUT2D eigenvalue weighted by Gasteiger charge is 2.42. The van der Waals surface area contributed by atoms with Crippen LogP contribution in [0.15, 0.2) is 54.7 Å². The lowest BCUT2D eigenvalue weighted by Gasteiger charge is -2.33. The molecule has 7 rings (SSSR count). The average molecular weight is 573 g/mol. The Balaban J connectivity index is 1.07. The molecule has 8 nitrogen and oxygen atoms in total. The number of imidazole rings is 1. The average Bonchev–Trinajstić information content (AvgIpc) is 3.47. The molecule has 1 aliphatic carbocycles. The van der Waals surface area contributed by atoms with Crippen molar-refractivity contribution in [3.05, 3.63) is 82.4 Å². The number of benzene rings is 2. The fourth-order valence-corrected chi connectivity index (χ4v) is 6.50. The molecule has 0 amide bonds. The number of aromatic nitrogens is 3. The van der Waals surface area contributed by atoms with Crippen molar-refractivity contribution in [3.8, 4) is 11.5 Å². The van der Waals surface area contributed by atoms with Gasteiger partial charge >= 0.3 is 5.97 Å². The molecule has 1 saturated heterocycles. The molecule has 1 atom stereocenters. The van der Waals surface area contributed by atoms with Gasteiger partial charge < -0.3 is 19.1 Å². The van der Waals surface area contributed by atoms with Crippen molar-refractivity contribution in [2.24, 2.45) is 5.92 Å². The fourth-order valence-electron chi connectivity index (χ4n) is 6.38. The van der Waals surface area contributed by atoms with Crippen molar-refractivity contribution in [1.82, 2.24) is 19.4 Å². The number of pyridine rings is 1. The number of likely N-dealkylation sites (tertiary alicyclic amines) is 1. The van der Waals surface area contributed by atoms with Gasteiger partial charge in [-0.05, 0) is 87.0 Å². The van der Waals surface area contributed by atoms with Crippen molar-refractivity contribution in [2.45, 2.75) is 63.8 Å². The molecule has 2 aliphatic heterocycles. The van der Waals surface area contributed by atoms with Crippen LogP contribution < -0.4 is 9.47 Å². The minimum Gasteiger partial charge on any atom is -0.478 e. The van der Waals surface area contributed by atoms with E-state index in [1.807, 2.05) is 31.2 Å². The first-order valence-electron chi connectivity index (χ1n) is 14.4. The molecule has 212 valence electrons. The summed E-state index contributed by atoms with van der Waals surface area (Å²) in [6.45, 7) is 5.44. The summed E-state index contributed by atoms with van der Waals surface area (Å²) in [4.78, 5) is 23.5. The van der Waals surface area contributed by atoms with Crippen LogP contribution in [-0.4, -0.2) is 43.6 Å². The Morgan fingerprint density at radius 3 is 2.63 bits per heavy atom. The van der Waals surface area contributed by atoms with Gasteiger partial charge in [0.1, 0.15) is 11.5 Å². The second-order valence-corrected chi connectivity index (χ2v) is 12.1. The Labute approximate surface area is 243 Å². The standard InChI is InChI=1S/C32H33ClN4O4/c1-32(28-11-9-23(33)17-34-28)40-27-7-3-6-24(30(27)41-32)21-12-14-36(15-13-21)19-29-35-25-10-8-22(31(38)39)16-26(25)37(29)18-20-4-2-5-20/h3,6-11,16-17,20-21H,2,4-5,12-15,18-19H2,1H3,(H,38,39)/t32-/m0/s1. The number of hydrogen-bond acceptors (Lipinski definition) is 6. The molecule has 41 heavy (non-hydrogen) atoms. The summed E-state index contributed by atoms with van der Waals surface area (Å²) in [5, 5.41) is 10.1. The molecule has 0 unspecified atom stereocenters. The van der Waals surface area contributed by atoms with Gasteiger partial charge in [0.2, 0.25) is 0 Å². The molecule has 0 radical (unpaired) electrons. The van der Waals surface area contributed by atoms with E-state index >= 15 is 0 Å². The molecule has 1 N–H and O–H groups in total. The number of aromatic carboxylic acids is 1. The molecule has 2 aromatic carbocycles. The van der Waals surface area contributed by atoms with Crippen LogP contribution in [0.25, 0.3) is 11.0 Å². The monoisotopic (exact) mass is 572 g/mol. The lowest BCUT2D eigenvalue weighted by atomic mass is 9.85. The van der Waals surface area contributed by atoms with E-state index in [0.29, 0.717) is 28.1 Å². The molecule has 4 aromatic rings. The lowest BCUT2D eigenvalue weighted by molar-refractivity contribution is -0.0722. The van der Waals surface area contributed by atoms with Crippen molar-refractivity contribution in [1.29, 1.82) is 0 Å². The maximum atomic E-state index is 11.6. The van der Waals surface area contributed by atoms with Gasteiger partial charge in [-0.2, -0.15) is 0 Å². The number of halogens is 1. The minimum atomic E-state index is -0.996. The Morgan fingerprint density at radius 1 is 1.10 bits per heavy atom. The maximum Gasteiger partial charge on any atom is 0.335 e. The number of nitrogens with zero attached hydrogens (tertiary/aromatic N) is 4. The van der Waals surface area contributed by atoms with Crippen molar-refractivity contribution < 1.29 is 19.4 Å². The highest BCUT2D eigenvalue weighted by molar-refractivity contribution is 6.30. The molecule has 0 spiro atoms. The Hall–Kier alpha value is -3.62. The van der Waals surface area contributed by atoms with E-state index in [2.05, 4.69) is 20.5 Å². The van der Waals surface area contributed by atoms with Gasteiger partial charge in [-0.1, -0.05) is 30.2 Å². The summed E-state index contributed by atoms with van der Waals surface area (Å²) in [6.07, 6.45) is 7.34. The van der Waals surface area contributed by atoms with Crippen molar-refractivity contribution in [2.75, 3.05) is 13.1 Å². The molecule has 2 aromatic heterocycles. The largest absolute Gasteiger partial charge is 0.478 e. The lowest BCUT2D eigenvalue weighted by Crippen LogP contribution is -2.34. The first kappa shape index (κ1) is 26.3. The molecular formula is C32H33ClN4O4. The van der Waals surface area contributed by atoms with E-state index in [9.17, 15) is 9.90 Å². The van der Waals surface area contributed by atoms with Crippen LogP contribution in [0.4, 0.5) is 0 Å². The van der Waals surface area contributed by atoms with Gasteiger partial charge in [-0.25, -0.2) is 9.78 Å². The predicted molar refractivity (Wildman–Crippen MR) is 156 cm³/mol. The quantitative estimate of drug-likeness (QED) is 0.266. The fraction of sp³-hybridized carbons (Fsp3) is 0.406. The smallest absolute Gasteiger partial charge is 0.335 e. The summed E-state index contributed by atoms with van der Waals surface area (Å²) in [7, 11) is 0.